The van der Waals surface area contributed by atoms with Crippen LogP contribution in [0.5, 0.6) is 0 Å². The Bertz CT molecular complexity index is 598. The van der Waals surface area contributed by atoms with Gasteiger partial charge in [-0.2, -0.15) is 0 Å². The molecule has 0 aliphatic heterocycles. The fraction of sp³-hybridized carbons (Fsp3) is 1.00. The smallest absolute Gasteiger partial charge is 0.220 e. The second-order valence-corrected chi connectivity index (χ2v) is 30.8. The van der Waals surface area contributed by atoms with E-state index in [2.05, 4.69) is 98.9 Å². The van der Waals surface area contributed by atoms with Crippen molar-refractivity contribution in [1.29, 1.82) is 0 Å². The third kappa shape index (κ3) is 10.6. The number of hydrogen-bond donors (Lipinski definition) is 2. The van der Waals surface area contributed by atoms with Crippen LogP contribution in [0.4, 0.5) is 0 Å². The SMILES string of the molecule is CCC(C(C)(CC)O[Si](C)(CCCNCCN)C(C)(CC)O[Si](C)(C)C)[Si](C)(C)O[Si](C)(C)C. The van der Waals surface area contributed by atoms with Crippen molar-refractivity contribution in [2.24, 2.45) is 5.73 Å². The Morgan fingerprint density at radius 1 is 0.794 bits per heavy atom. The normalized spacial score (nSPS) is 19.9. The van der Waals surface area contributed by atoms with Crippen LogP contribution in [0.3, 0.4) is 0 Å². The van der Waals surface area contributed by atoms with Crippen LogP contribution >= 0.6 is 0 Å². The van der Waals surface area contributed by atoms with Crippen molar-refractivity contribution in [1.82, 2.24) is 5.32 Å². The molecule has 5 nitrogen and oxygen atoms in total. The Morgan fingerprint density at radius 3 is 1.74 bits per heavy atom. The van der Waals surface area contributed by atoms with Gasteiger partial charge in [0.05, 0.1) is 10.8 Å². The molecule has 3 N–H and O–H groups in total. The summed E-state index contributed by atoms with van der Waals surface area (Å²) in [6, 6.07) is 1.09. The lowest BCUT2D eigenvalue weighted by molar-refractivity contribution is 0.0224. The Labute approximate surface area is 218 Å². The Balaban J connectivity index is 6.33. The lowest BCUT2D eigenvalue weighted by Gasteiger charge is -2.54. The highest BCUT2D eigenvalue weighted by molar-refractivity contribution is 6.85. The topological polar surface area (TPSA) is 65.7 Å². The van der Waals surface area contributed by atoms with E-state index in [9.17, 15) is 0 Å². The molecule has 0 radical (unpaired) electrons. The largest absolute Gasteiger partial charge is 0.455 e. The Kier molecular flexibility index (Phi) is 13.7. The van der Waals surface area contributed by atoms with Crippen LogP contribution in [-0.2, 0) is 13.0 Å². The molecule has 0 heterocycles. The summed E-state index contributed by atoms with van der Waals surface area (Å²) in [5, 5.41) is 3.27. The predicted octanol–water partition coefficient (Wildman–Crippen LogP) is 7.08. The van der Waals surface area contributed by atoms with E-state index in [1.54, 1.807) is 0 Å². The molecule has 0 saturated carbocycles. The van der Waals surface area contributed by atoms with E-state index in [1.165, 1.54) is 0 Å². The zero-order valence-electron chi connectivity index (χ0n) is 25.5. The van der Waals surface area contributed by atoms with E-state index in [1.807, 2.05) is 0 Å². The highest BCUT2D eigenvalue weighted by atomic mass is 28.4. The van der Waals surface area contributed by atoms with Gasteiger partial charge in [0.2, 0.25) is 8.32 Å². The van der Waals surface area contributed by atoms with Crippen LogP contribution in [0.2, 0.25) is 70.5 Å². The van der Waals surface area contributed by atoms with Crippen molar-refractivity contribution in [3.05, 3.63) is 0 Å². The first-order valence-corrected chi connectivity index (χ1v) is 26.2. The van der Waals surface area contributed by atoms with E-state index in [-0.39, 0.29) is 10.8 Å². The average molecular weight is 551 g/mol. The molecule has 0 fully saturated rings. The highest BCUT2D eigenvalue weighted by Crippen LogP contribution is 2.47. The van der Waals surface area contributed by atoms with Gasteiger partial charge in [0.15, 0.2) is 25.0 Å². The van der Waals surface area contributed by atoms with Gasteiger partial charge in [0.25, 0.3) is 0 Å². The number of nitrogens with one attached hydrogen (secondary N) is 1. The van der Waals surface area contributed by atoms with Gasteiger partial charge in [-0.1, -0.05) is 27.2 Å². The summed E-state index contributed by atoms with van der Waals surface area (Å²) in [6.07, 6.45) is 4.17. The second-order valence-electron chi connectivity index (χ2n) is 13.2. The molecule has 0 aliphatic carbocycles. The van der Waals surface area contributed by atoms with Gasteiger partial charge < -0.3 is 24.0 Å². The molecular formula is C25H62N2O3Si4. The molecule has 0 bridgehead atoms. The fourth-order valence-corrected chi connectivity index (χ4v) is 22.6. The van der Waals surface area contributed by atoms with Crippen molar-refractivity contribution < 1.29 is 13.0 Å². The maximum Gasteiger partial charge on any atom is 0.220 e. The summed E-state index contributed by atoms with van der Waals surface area (Å²) < 4.78 is 21.5. The van der Waals surface area contributed by atoms with Crippen LogP contribution < -0.4 is 11.1 Å². The van der Waals surface area contributed by atoms with Gasteiger partial charge in [0, 0.05) is 18.6 Å². The second kappa shape index (κ2) is 13.5. The molecule has 0 amide bonds. The maximum absolute atomic E-state index is 7.59. The van der Waals surface area contributed by atoms with Gasteiger partial charge in [-0.15, -0.1) is 0 Å². The van der Waals surface area contributed by atoms with Crippen molar-refractivity contribution in [2.45, 2.75) is 142 Å². The van der Waals surface area contributed by atoms with Gasteiger partial charge in [-0.25, -0.2) is 0 Å². The van der Waals surface area contributed by atoms with Crippen LogP contribution in [-0.4, -0.2) is 63.7 Å². The van der Waals surface area contributed by atoms with E-state index in [0.29, 0.717) is 12.1 Å². The molecule has 0 aromatic carbocycles. The molecule has 0 aromatic heterocycles. The van der Waals surface area contributed by atoms with Crippen molar-refractivity contribution >= 4 is 33.3 Å². The third-order valence-electron chi connectivity index (χ3n) is 7.37. The summed E-state index contributed by atoms with van der Waals surface area (Å²) in [7, 11) is -7.73. The summed E-state index contributed by atoms with van der Waals surface area (Å²) in [5.41, 5.74) is 5.92. The minimum absolute atomic E-state index is 0.213. The molecule has 0 spiro atoms. The monoisotopic (exact) mass is 550 g/mol. The van der Waals surface area contributed by atoms with Gasteiger partial charge >= 0.3 is 0 Å². The van der Waals surface area contributed by atoms with E-state index < -0.39 is 33.3 Å². The lowest BCUT2D eigenvalue weighted by Crippen LogP contribution is -2.66. The molecule has 9 heteroatoms. The van der Waals surface area contributed by atoms with Gasteiger partial charge in [0.1, 0.15) is 0 Å². The molecule has 0 aromatic rings. The zero-order chi connectivity index (χ0) is 27.1. The summed E-state index contributed by atoms with van der Waals surface area (Å²) >= 11 is 0. The van der Waals surface area contributed by atoms with E-state index >= 15 is 0 Å². The van der Waals surface area contributed by atoms with Crippen molar-refractivity contribution in [3.8, 4) is 0 Å². The molecule has 0 aliphatic rings. The lowest BCUT2D eigenvalue weighted by atomic mass is 9.97. The number of hydrogen-bond acceptors (Lipinski definition) is 5. The molecule has 206 valence electrons. The van der Waals surface area contributed by atoms with Crippen LogP contribution in [0.25, 0.3) is 0 Å². The van der Waals surface area contributed by atoms with Crippen LogP contribution in [0.15, 0.2) is 0 Å². The van der Waals surface area contributed by atoms with Gasteiger partial charge in [-0.05, 0) is 105 Å². The average Bonchev–Trinajstić information content (AvgIpc) is 2.64. The Hall–Kier alpha value is 0.668. The minimum atomic E-state index is -2.33. The standard InChI is InChI=1S/C25H62N2O3Si4/c1-15-23(33(12,13)30-32(9,10)11)24(4,16-2)28-34(14,22-18-20-27-21-19-26)25(5,17-3)29-31(6,7)8/h23,27H,15-22,26H2,1-14H3. The zero-order valence-corrected chi connectivity index (χ0v) is 29.5. The quantitative estimate of drug-likeness (QED) is 0.141. The molecule has 4 atom stereocenters. The number of rotatable bonds is 18. The highest BCUT2D eigenvalue weighted by Gasteiger charge is 2.56. The third-order valence-corrected chi connectivity index (χ3v) is 20.8. The van der Waals surface area contributed by atoms with Crippen LogP contribution in [0, 0.1) is 0 Å². The van der Waals surface area contributed by atoms with Crippen molar-refractivity contribution in [2.75, 3.05) is 19.6 Å². The molecule has 4 unspecified atom stereocenters. The Morgan fingerprint density at radius 2 is 1.35 bits per heavy atom. The first-order valence-electron chi connectivity index (χ1n) is 13.8. The van der Waals surface area contributed by atoms with Gasteiger partial charge in [-0.3, -0.25) is 0 Å². The minimum Gasteiger partial charge on any atom is -0.455 e. The number of nitrogens with two attached hydrogens (primary N) is 1. The predicted molar refractivity (Wildman–Crippen MR) is 162 cm³/mol. The van der Waals surface area contributed by atoms with Crippen LogP contribution in [0.1, 0.15) is 60.3 Å². The van der Waals surface area contributed by atoms with E-state index in [4.69, 9.17) is 18.7 Å². The van der Waals surface area contributed by atoms with E-state index in [0.717, 1.165) is 44.8 Å². The summed E-state index contributed by atoms with van der Waals surface area (Å²) in [6.45, 7) is 35.4. The summed E-state index contributed by atoms with van der Waals surface area (Å²) in [5.74, 6) is 0. The molecule has 0 rings (SSSR count). The molecule has 0 saturated heterocycles. The maximum atomic E-state index is 7.59. The molecular weight excluding hydrogens is 489 g/mol. The summed E-state index contributed by atoms with van der Waals surface area (Å²) in [4.78, 5) is 0. The molecule has 34 heavy (non-hydrogen) atoms. The van der Waals surface area contributed by atoms with Crippen molar-refractivity contribution in [3.63, 3.8) is 0 Å². The fourth-order valence-electron chi connectivity index (χ4n) is 5.85. The first kappa shape index (κ1) is 34.7. The first-order chi connectivity index (χ1) is 15.2.